The minimum Gasteiger partial charge on any atom is -0.456 e. The molecule has 10 aromatic rings. The fourth-order valence-electron chi connectivity index (χ4n) is 7.59. The van der Waals surface area contributed by atoms with E-state index >= 15 is 0 Å². The predicted molar refractivity (Wildman–Crippen MR) is 192 cm³/mol. The third kappa shape index (κ3) is 3.53. The van der Waals surface area contributed by atoms with Crippen LogP contribution in [0.2, 0.25) is 0 Å². The first kappa shape index (κ1) is 25.2. The average Bonchev–Trinajstić information content (AvgIpc) is 3.70. The molecule has 8 aromatic carbocycles. The molecule has 0 N–H and O–H groups in total. The summed E-state index contributed by atoms with van der Waals surface area (Å²) in [6.45, 7) is 0. The number of hydrogen-bond acceptors (Lipinski definition) is 2. The van der Waals surface area contributed by atoms with Crippen molar-refractivity contribution in [3.63, 3.8) is 0 Å². The number of furan rings is 2. The zero-order valence-corrected chi connectivity index (χ0v) is 24.8. The molecule has 0 amide bonds. The highest BCUT2D eigenvalue weighted by Crippen LogP contribution is 2.49. The van der Waals surface area contributed by atoms with Crippen molar-refractivity contribution < 1.29 is 8.83 Å². The van der Waals surface area contributed by atoms with Crippen molar-refractivity contribution in [2.24, 2.45) is 0 Å². The molecule has 0 unspecified atom stereocenters. The largest absolute Gasteiger partial charge is 0.456 e. The molecule has 0 saturated heterocycles. The van der Waals surface area contributed by atoms with Crippen LogP contribution in [0.3, 0.4) is 0 Å². The maximum absolute atomic E-state index is 6.69. The first-order valence-corrected chi connectivity index (χ1v) is 15.7. The second kappa shape index (κ2) is 9.69. The summed E-state index contributed by atoms with van der Waals surface area (Å²) in [6, 6.07) is 55.9. The van der Waals surface area contributed by atoms with Gasteiger partial charge in [-0.1, -0.05) is 140 Å². The third-order valence-corrected chi connectivity index (χ3v) is 9.48. The van der Waals surface area contributed by atoms with Crippen LogP contribution in [0.4, 0.5) is 0 Å². The van der Waals surface area contributed by atoms with Gasteiger partial charge in [-0.25, -0.2) is 0 Å². The minimum absolute atomic E-state index is 0.891. The summed E-state index contributed by atoms with van der Waals surface area (Å²) in [5.74, 6) is 0. The molecule has 0 fully saturated rings. The molecule has 0 saturated carbocycles. The van der Waals surface area contributed by atoms with Crippen LogP contribution in [0.25, 0.3) is 98.8 Å². The lowest BCUT2D eigenvalue weighted by Crippen LogP contribution is -1.91. The van der Waals surface area contributed by atoms with Crippen molar-refractivity contribution in [3.8, 4) is 33.4 Å². The van der Waals surface area contributed by atoms with Gasteiger partial charge < -0.3 is 8.83 Å². The van der Waals surface area contributed by atoms with E-state index in [1.165, 1.54) is 43.8 Å². The van der Waals surface area contributed by atoms with Crippen LogP contribution in [-0.2, 0) is 0 Å². The molecular weight excluding hydrogens is 560 g/mol. The highest BCUT2D eigenvalue weighted by atomic mass is 16.3. The maximum atomic E-state index is 6.69. The Morgan fingerprint density at radius 3 is 1.35 bits per heavy atom. The molecule has 0 aliphatic rings. The van der Waals surface area contributed by atoms with Gasteiger partial charge in [0, 0.05) is 27.1 Å². The summed E-state index contributed by atoms with van der Waals surface area (Å²) in [4.78, 5) is 0. The van der Waals surface area contributed by atoms with E-state index < -0.39 is 0 Å². The first-order valence-electron chi connectivity index (χ1n) is 15.7. The van der Waals surface area contributed by atoms with Gasteiger partial charge in [-0.15, -0.1) is 0 Å². The van der Waals surface area contributed by atoms with Crippen molar-refractivity contribution in [1.29, 1.82) is 0 Å². The van der Waals surface area contributed by atoms with E-state index in [9.17, 15) is 0 Å². The van der Waals surface area contributed by atoms with E-state index in [4.69, 9.17) is 8.83 Å². The van der Waals surface area contributed by atoms with Crippen molar-refractivity contribution >= 4 is 65.4 Å². The predicted octanol–water partition coefficient (Wildman–Crippen LogP) is 12.8. The third-order valence-electron chi connectivity index (χ3n) is 9.48. The average molecular weight is 587 g/mol. The van der Waals surface area contributed by atoms with E-state index in [1.54, 1.807) is 0 Å². The molecule has 0 aliphatic heterocycles. The van der Waals surface area contributed by atoms with Crippen LogP contribution in [0, 0.1) is 0 Å². The van der Waals surface area contributed by atoms with Gasteiger partial charge in [0.05, 0.1) is 0 Å². The van der Waals surface area contributed by atoms with Crippen LogP contribution >= 0.6 is 0 Å². The van der Waals surface area contributed by atoms with Crippen molar-refractivity contribution in [3.05, 3.63) is 158 Å². The summed E-state index contributed by atoms with van der Waals surface area (Å²) < 4.78 is 13.0. The Kier molecular flexibility index (Phi) is 5.31. The molecule has 46 heavy (non-hydrogen) atoms. The van der Waals surface area contributed by atoms with Crippen LogP contribution in [0.15, 0.2) is 167 Å². The van der Waals surface area contributed by atoms with Crippen molar-refractivity contribution in [1.82, 2.24) is 0 Å². The number of hydrogen-bond donors (Lipinski definition) is 0. The second-order valence-corrected chi connectivity index (χ2v) is 11.9. The van der Waals surface area contributed by atoms with E-state index in [-0.39, 0.29) is 0 Å². The van der Waals surface area contributed by atoms with Gasteiger partial charge in [0.15, 0.2) is 0 Å². The first-order chi connectivity index (χ1) is 22.8. The molecule has 0 aliphatic carbocycles. The SMILES string of the molecule is c1ccc(-c2cccc3c2oc2cccc(-c4c5ccccc5c(-c5cccc6oc7ccccc7c56)c5ccccc45)c23)cc1. The molecule has 2 heteroatoms. The highest BCUT2D eigenvalue weighted by Gasteiger charge is 2.22. The van der Waals surface area contributed by atoms with Gasteiger partial charge >= 0.3 is 0 Å². The Hall–Kier alpha value is -6.12. The van der Waals surface area contributed by atoms with Gasteiger partial charge in [-0.2, -0.15) is 0 Å². The lowest BCUT2D eigenvalue weighted by Gasteiger charge is -2.18. The highest BCUT2D eigenvalue weighted by molar-refractivity contribution is 6.28. The molecule has 2 nitrogen and oxygen atoms in total. The molecular formula is C44H26O2. The van der Waals surface area contributed by atoms with Gasteiger partial charge in [0.2, 0.25) is 0 Å². The molecule has 0 radical (unpaired) electrons. The molecule has 10 rings (SSSR count). The van der Waals surface area contributed by atoms with Gasteiger partial charge in [0.25, 0.3) is 0 Å². The Bertz CT molecular complexity index is 2740. The summed E-state index contributed by atoms with van der Waals surface area (Å²) >= 11 is 0. The zero-order chi connectivity index (χ0) is 30.2. The molecule has 214 valence electrons. The summed E-state index contributed by atoms with van der Waals surface area (Å²) in [7, 11) is 0. The lowest BCUT2D eigenvalue weighted by atomic mass is 9.84. The molecule has 2 aromatic heterocycles. The van der Waals surface area contributed by atoms with Crippen LogP contribution < -0.4 is 0 Å². The summed E-state index contributed by atoms with van der Waals surface area (Å²) in [5.41, 5.74) is 10.7. The lowest BCUT2D eigenvalue weighted by molar-refractivity contribution is 0.669. The number of para-hydroxylation sites is 2. The van der Waals surface area contributed by atoms with Crippen LogP contribution in [0.1, 0.15) is 0 Å². The standard InChI is InChI=1S/C44H26O2/c1-2-13-27(14-3-1)28-20-10-23-36-43-35(22-12-26-39(43)46-44(28)36)41-31-17-6-4-15-29(31)40(30-16-5-7-18-32(30)41)34-21-11-25-38-42(34)33-19-8-9-24-37(33)45-38/h1-26H. The Balaban J connectivity index is 1.34. The number of rotatable bonds is 3. The zero-order valence-electron chi connectivity index (χ0n) is 24.8. The smallest absolute Gasteiger partial charge is 0.143 e. The Labute approximate surface area is 264 Å². The van der Waals surface area contributed by atoms with Gasteiger partial charge in [-0.3, -0.25) is 0 Å². The second-order valence-electron chi connectivity index (χ2n) is 11.9. The number of benzene rings is 8. The van der Waals surface area contributed by atoms with Crippen molar-refractivity contribution in [2.45, 2.75) is 0 Å². The summed E-state index contributed by atoms with van der Waals surface area (Å²) in [6.07, 6.45) is 0. The Morgan fingerprint density at radius 1 is 0.283 bits per heavy atom. The topological polar surface area (TPSA) is 26.3 Å². The summed E-state index contributed by atoms with van der Waals surface area (Å²) in [5, 5.41) is 9.39. The quantitative estimate of drug-likeness (QED) is 0.193. The van der Waals surface area contributed by atoms with E-state index in [2.05, 4.69) is 152 Å². The van der Waals surface area contributed by atoms with Gasteiger partial charge in [0.1, 0.15) is 22.3 Å². The van der Waals surface area contributed by atoms with E-state index in [0.29, 0.717) is 0 Å². The van der Waals surface area contributed by atoms with Gasteiger partial charge in [-0.05, 0) is 67.6 Å². The van der Waals surface area contributed by atoms with E-state index in [1.807, 2.05) is 6.07 Å². The maximum Gasteiger partial charge on any atom is 0.143 e. The molecule has 0 atom stereocenters. The fraction of sp³-hybridized carbons (Fsp3) is 0. The molecule has 0 spiro atoms. The van der Waals surface area contributed by atoms with Crippen LogP contribution in [0.5, 0.6) is 0 Å². The number of fused-ring (bicyclic) bond motifs is 8. The Morgan fingerprint density at radius 2 is 0.717 bits per heavy atom. The molecule has 0 bridgehead atoms. The molecule has 2 heterocycles. The minimum atomic E-state index is 0.891. The van der Waals surface area contributed by atoms with E-state index in [0.717, 1.165) is 55.0 Å². The van der Waals surface area contributed by atoms with Crippen LogP contribution in [-0.4, -0.2) is 0 Å². The monoisotopic (exact) mass is 586 g/mol. The normalized spacial score (nSPS) is 11.9. The fourth-order valence-corrected chi connectivity index (χ4v) is 7.59. The van der Waals surface area contributed by atoms with Crippen molar-refractivity contribution in [2.75, 3.05) is 0 Å².